The molecule has 1 aliphatic carbocycles. The molecule has 0 aliphatic heterocycles. The summed E-state index contributed by atoms with van der Waals surface area (Å²) in [6.45, 7) is 6.16. The first-order chi connectivity index (χ1) is 15.1. The molecule has 0 saturated carbocycles. The number of hydrogen-bond donors (Lipinski definition) is 1. The van der Waals surface area contributed by atoms with E-state index in [0.717, 1.165) is 0 Å². The fourth-order valence-corrected chi connectivity index (χ4v) is 3.29. The lowest BCUT2D eigenvalue weighted by atomic mass is 9.81. The number of carbonyl (C=O) groups excluding carboxylic acids is 4. The molecule has 2 aromatic carbocycles. The molecule has 32 heavy (non-hydrogen) atoms. The summed E-state index contributed by atoms with van der Waals surface area (Å²) in [7, 11) is 0. The number of amides is 1. The van der Waals surface area contributed by atoms with Crippen LogP contribution in [0.2, 0.25) is 0 Å². The van der Waals surface area contributed by atoms with Gasteiger partial charge in [0.15, 0.2) is 11.6 Å². The second-order valence-corrected chi connectivity index (χ2v) is 8.40. The Morgan fingerprint density at radius 3 is 2.06 bits per heavy atom. The van der Waals surface area contributed by atoms with Gasteiger partial charge in [-0.2, -0.15) is 0 Å². The number of fused-ring (bicyclic) bond motifs is 1. The molecule has 1 atom stereocenters. The van der Waals surface area contributed by atoms with E-state index in [1.54, 1.807) is 75.4 Å². The van der Waals surface area contributed by atoms with Crippen molar-refractivity contribution in [2.24, 2.45) is 0 Å². The Hall–Kier alpha value is -3.74. The smallest absolute Gasteiger partial charge is 0.408 e. The zero-order valence-electron chi connectivity index (χ0n) is 18.4. The molecule has 2 aromatic rings. The monoisotopic (exact) mass is 435 g/mol. The summed E-state index contributed by atoms with van der Waals surface area (Å²) in [5.74, 6) is -1.44. The average molecular weight is 435 g/mol. The Morgan fingerprint density at radius 1 is 0.906 bits per heavy atom. The quantitative estimate of drug-likeness (QED) is 0.714. The van der Waals surface area contributed by atoms with E-state index in [4.69, 9.17) is 9.47 Å². The maximum atomic E-state index is 13.2. The summed E-state index contributed by atoms with van der Waals surface area (Å²) in [6, 6.07) is 14.3. The van der Waals surface area contributed by atoms with Crippen LogP contribution in [0, 0.1) is 0 Å². The van der Waals surface area contributed by atoms with Crippen LogP contribution in [0.25, 0.3) is 5.57 Å². The van der Waals surface area contributed by atoms with E-state index in [-0.39, 0.29) is 28.3 Å². The molecule has 0 heterocycles. The highest BCUT2D eigenvalue weighted by atomic mass is 16.6. The van der Waals surface area contributed by atoms with Crippen molar-refractivity contribution in [2.45, 2.75) is 39.3 Å². The molecule has 3 rings (SSSR count). The topological polar surface area (TPSA) is 98.8 Å². The number of alkyl carbamates (subject to hydrolysis) is 1. The zero-order valence-corrected chi connectivity index (χ0v) is 18.4. The molecular formula is C25H25NO6. The maximum Gasteiger partial charge on any atom is 0.408 e. The first kappa shape index (κ1) is 22.9. The molecular weight excluding hydrogens is 410 g/mol. The van der Waals surface area contributed by atoms with Gasteiger partial charge in [-0.3, -0.25) is 9.59 Å². The normalized spacial score (nSPS) is 14.5. The number of esters is 1. The van der Waals surface area contributed by atoms with Crippen molar-refractivity contribution in [3.8, 4) is 0 Å². The Morgan fingerprint density at radius 2 is 1.47 bits per heavy atom. The highest BCUT2D eigenvalue weighted by Crippen LogP contribution is 2.32. The highest BCUT2D eigenvalue weighted by Gasteiger charge is 2.33. The van der Waals surface area contributed by atoms with Crippen LogP contribution in [0.15, 0.2) is 60.2 Å². The second-order valence-electron chi connectivity index (χ2n) is 8.40. The minimum atomic E-state index is -1.01. The van der Waals surface area contributed by atoms with Gasteiger partial charge in [0.05, 0.1) is 0 Å². The van der Waals surface area contributed by atoms with Gasteiger partial charge in [-0.1, -0.05) is 54.6 Å². The van der Waals surface area contributed by atoms with Crippen LogP contribution in [-0.4, -0.2) is 41.9 Å². The van der Waals surface area contributed by atoms with E-state index in [1.807, 2.05) is 0 Å². The van der Waals surface area contributed by atoms with Gasteiger partial charge in [0, 0.05) is 22.3 Å². The predicted molar refractivity (Wildman–Crippen MR) is 118 cm³/mol. The fraction of sp³-hybridized carbons (Fsp3) is 0.280. The third-order valence-corrected chi connectivity index (χ3v) is 4.73. The van der Waals surface area contributed by atoms with Gasteiger partial charge in [-0.25, -0.2) is 9.59 Å². The van der Waals surface area contributed by atoms with E-state index in [2.05, 4.69) is 5.32 Å². The number of rotatable bonds is 5. The molecule has 166 valence electrons. The Balaban J connectivity index is 1.84. The van der Waals surface area contributed by atoms with Crippen molar-refractivity contribution in [1.82, 2.24) is 5.32 Å². The molecule has 0 bridgehead atoms. The van der Waals surface area contributed by atoms with Crippen molar-refractivity contribution >= 4 is 29.2 Å². The first-order valence-electron chi connectivity index (χ1n) is 10.2. The summed E-state index contributed by atoms with van der Waals surface area (Å²) < 4.78 is 10.5. The van der Waals surface area contributed by atoms with E-state index >= 15 is 0 Å². The summed E-state index contributed by atoms with van der Waals surface area (Å²) in [4.78, 5) is 50.7. The lowest BCUT2D eigenvalue weighted by Crippen LogP contribution is -2.42. The molecule has 1 amide bonds. The second kappa shape index (κ2) is 9.18. The van der Waals surface area contributed by atoms with Gasteiger partial charge in [-0.05, 0) is 33.3 Å². The lowest BCUT2D eigenvalue weighted by Gasteiger charge is -2.23. The number of hydrogen-bond acceptors (Lipinski definition) is 6. The number of ether oxygens (including phenoxy) is 2. The van der Waals surface area contributed by atoms with E-state index in [1.165, 1.54) is 6.92 Å². The molecule has 0 spiro atoms. The van der Waals surface area contributed by atoms with E-state index < -0.39 is 30.3 Å². The summed E-state index contributed by atoms with van der Waals surface area (Å²) in [5.41, 5.74) is 0.721. The summed E-state index contributed by atoms with van der Waals surface area (Å²) >= 11 is 0. The van der Waals surface area contributed by atoms with E-state index in [9.17, 15) is 19.2 Å². The minimum absolute atomic E-state index is 0.0951. The molecule has 0 fully saturated rings. The third kappa shape index (κ3) is 5.11. The molecule has 1 aliphatic rings. The van der Waals surface area contributed by atoms with Gasteiger partial charge in [0.25, 0.3) is 0 Å². The first-order valence-corrected chi connectivity index (χ1v) is 10.2. The maximum absolute atomic E-state index is 13.2. The van der Waals surface area contributed by atoms with Crippen LogP contribution in [0.3, 0.4) is 0 Å². The Bertz CT molecular complexity index is 1090. The number of ketones is 2. The molecule has 0 saturated heterocycles. The average Bonchev–Trinajstić information content (AvgIpc) is 2.74. The van der Waals surface area contributed by atoms with Crippen molar-refractivity contribution in [2.75, 3.05) is 6.61 Å². The number of carbonyl (C=O) groups is 4. The SMILES string of the molecule is C[C@H](NC(=O)OC(C)(C)C)C(=O)OCC1=C(c2ccccc2)C(=O)c2ccccc2C1=O. The van der Waals surface area contributed by atoms with E-state index in [0.29, 0.717) is 11.1 Å². The molecule has 7 nitrogen and oxygen atoms in total. The third-order valence-electron chi connectivity index (χ3n) is 4.73. The number of benzene rings is 2. The van der Waals surface area contributed by atoms with Crippen LogP contribution in [0.4, 0.5) is 4.79 Å². The van der Waals surface area contributed by atoms with Crippen LogP contribution in [-0.2, 0) is 14.3 Å². The van der Waals surface area contributed by atoms with Crippen LogP contribution in [0.1, 0.15) is 54.0 Å². The number of allylic oxidation sites excluding steroid dienone is 1. The number of nitrogens with one attached hydrogen (secondary N) is 1. The summed E-state index contributed by atoms with van der Waals surface area (Å²) in [5, 5.41) is 2.40. The molecule has 0 aromatic heterocycles. The zero-order chi connectivity index (χ0) is 23.5. The van der Waals surface area contributed by atoms with Crippen molar-refractivity contribution in [3.05, 3.63) is 76.9 Å². The fourth-order valence-electron chi connectivity index (χ4n) is 3.29. The number of Topliss-reactive ketones (excluding diaryl/α,β-unsaturated/α-hetero) is 2. The Labute approximate surface area is 186 Å². The largest absolute Gasteiger partial charge is 0.459 e. The molecule has 0 radical (unpaired) electrons. The predicted octanol–water partition coefficient (Wildman–Crippen LogP) is 3.98. The molecule has 7 heteroatoms. The van der Waals surface area contributed by atoms with Crippen molar-refractivity contribution in [1.29, 1.82) is 0 Å². The molecule has 0 unspecified atom stereocenters. The van der Waals surface area contributed by atoms with Gasteiger partial charge < -0.3 is 14.8 Å². The van der Waals surface area contributed by atoms with Crippen molar-refractivity contribution < 1.29 is 28.7 Å². The van der Waals surface area contributed by atoms with Gasteiger partial charge in [-0.15, -0.1) is 0 Å². The lowest BCUT2D eigenvalue weighted by molar-refractivity contribution is -0.144. The van der Waals surface area contributed by atoms with Gasteiger partial charge >= 0.3 is 12.1 Å². The summed E-state index contributed by atoms with van der Waals surface area (Å²) in [6.07, 6.45) is -0.760. The van der Waals surface area contributed by atoms with Crippen LogP contribution >= 0.6 is 0 Å². The standard InChI is InChI=1S/C25H25NO6/c1-15(26-24(30)32-25(2,3)4)23(29)31-14-19-20(16-10-6-5-7-11-16)22(28)18-13-9-8-12-17(18)21(19)27/h5-13,15H,14H2,1-4H3,(H,26,30)/t15-/m0/s1. The molecule has 1 N–H and O–H groups in total. The van der Waals surface area contributed by atoms with Gasteiger partial charge in [0.1, 0.15) is 18.2 Å². The van der Waals surface area contributed by atoms with Gasteiger partial charge in [0.2, 0.25) is 0 Å². The highest BCUT2D eigenvalue weighted by molar-refractivity contribution is 6.40. The Kier molecular flexibility index (Phi) is 6.58. The van der Waals surface area contributed by atoms with Crippen LogP contribution < -0.4 is 5.32 Å². The van der Waals surface area contributed by atoms with Crippen molar-refractivity contribution in [3.63, 3.8) is 0 Å². The van der Waals surface area contributed by atoms with Crippen LogP contribution in [0.5, 0.6) is 0 Å². The minimum Gasteiger partial charge on any atom is -0.459 e.